The summed E-state index contributed by atoms with van der Waals surface area (Å²) in [5.74, 6) is -0.990. The van der Waals surface area contributed by atoms with Gasteiger partial charge in [-0.25, -0.2) is 9.78 Å². The van der Waals surface area contributed by atoms with E-state index in [0.717, 1.165) is 6.07 Å². The highest BCUT2D eigenvalue weighted by Crippen LogP contribution is 2.27. The molecule has 1 heterocycles. The quantitative estimate of drug-likeness (QED) is 0.340. The molecule has 152 valence electrons. The Bertz CT molecular complexity index is 1090. The first-order chi connectivity index (χ1) is 14.4. The second-order valence-electron chi connectivity index (χ2n) is 5.82. The Morgan fingerprint density at radius 2 is 1.87 bits per heavy atom. The summed E-state index contributed by atoms with van der Waals surface area (Å²) in [5, 5.41) is 13.3. The Hall–Kier alpha value is -3.98. The van der Waals surface area contributed by atoms with Crippen LogP contribution < -0.4 is 10.1 Å². The van der Waals surface area contributed by atoms with Crippen molar-refractivity contribution < 1.29 is 24.0 Å². The highest BCUT2D eigenvalue weighted by molar-refractivity contribution is 6.32. The predicted octanol–water partition coefficient (Wildman–Crippen LogP) is 4.23. The first kappa shape index (κ1) is 20.7. The van der Waals surface area contributed by atoms with E-state index in [1.165, 1.54) is 30.5 Å². The summed E-state index contributed by atoms with van der Waals surface area (Å²) in [6.45, 7) is -0.616. The van der Waals surface area contributed by atoms with E-state index in [4.69, 9.17) is 21.1 Å². The molecule has 0 unspecified atom stereocenters. The number of benzene rings is 2. The minimum absolute atomic E-state index is 0.0300. The monoisotopic (exact) mass is 427 g/mol. The smallest absolute Gasteiger partial charge is 0.344 e. The number of halogens is 1. The van der Waals surface area contributed by atoms with Crippen molar-refractivity contribution in [2.75, 3.05) is 11.9 Å². The summed E-state index contributed by atoms with van der Waals surface area (Å²) in [6, 6.07) is 15.5. The number of amides is 1. The van der Waals surface area contributed by atoms with Crippen LogP contribution in [0, 0.1) is 10.1 Å². The summed E-state index contributed by atoms with van der Waals surface area (Å²) in [7, 11) is 0. The number of esters is 1. The average Bonchev–Trinajstić information content (AvgIpc) is 2.74. The summed E-state index contributed by atoms with van der Waals surface area (Å²) >= 11 is 5.73. The van der Waals surface area contributed by atoms with Gasteiger partial charge in [-0.15, -0.1) is 0 Å². The van der Waals surface area contributed by atoms with E-state index < -0.39 is 23.4 Å². The van der Waals surface area contributed by atoms with Gasteiger partial charge in [0, 0.05) is 18.0 Å². The number of hydrogen-bond acceptors (Lipinski definition) is 7. The van der Waals surface area contributed by atoms with E-state index in [0.29, 0.717) is 5.75 Å². The molecule has 3 rings (SSSR count). The number of nitro benzene ring substituents is 1. The van der Waals surface area contributed by atoms with Gasteiger partial charge in [0.1, 0.15) is 16.3 Å². The lowest BCUT2D eigenvalue weighted by molar-refractivity contribution is -0.384. The van der Waals surface area contributed by atoms with Gasteiger partial charge in [-0.1, -0.05) is 29.8 Å². The molecule has 0 aliphatic carbocycles. The number of aromatic nitrogens is 1. The van der Waals surface area contributed by atoms with Crippen molar-refractivity contribution in [1.82, 2.24) is 4.98 Å². The topological polar surface area (TPSA) is 121 Å². The van der Waals surface area contributed by atoms with Gasteiger partial charge in [0.15, 0.2) is 6.61 Å². The van der Waals surface area contributed by atoms with E-state index in [1.807, 2.05) is 6.07 Å². The lowest BCUT2D eigenvalue weighted by Gasteiger charge is -2.10. The molecule has 0 radical (unpaired) electrons. The highest BCUT2D eigenvalue weighted by Gasteiger charge is 2.18. The molecule has 10 heteroatoms. The molecule has 30 heavy (non-hydrogen) atoms. The minimum Gasteiger partial charge on any atom is -0.452 e. The van der Waals surface area contributed by atoms with Crippen LogP contribution in [0.15, 0.2) is 66.9 Å². The molecular weight excluding hydrogens is 414 g/mol. The van der Waals surface area contributed by atoms with Gasteiger partial charge in [-0.3, -0.25) is 14.9 Å². The maximum atomic E-state index is 12.4. The number of ether oxygens (including phenoxy) is 2. The van der Waals surface area contributed by atoms with Crippen LogP contribution in [0.2, 0.25) is 5.02 Å². The van der Waals surface area contributed by atoms with Gasteiger partial charge in [0.2, 0.25) is 5.88 Å². The molecule has 1 N–H and O–H groups in total. The van der Waals surface area contributed by atoms with E-state index >= 15 is 0 Å². The number of anilines is 1. The standard InChI is InChI=1S/C20H14ClN3O6/c21-16-9-8-13(11-17(16)24(27)28)23-18(25)12-29-20(26)15-7-4-10-22-19(15)30-14-5-2-1-3-6-14/h1-11H,12H2,(H,23,25). The normalized spacial score (nSPS) is 10.2. The molecule has 0 spiro atoms. The number of nitrogens with one attached hydrogen (secondary N) is 1. The Balaban J connectivity index is 1.63. The number of nitrogens with zero attached hydrogens (tertiary/aromatic N) is 2. The maximum Gasteiger partial charge on any atom is 0.344 e. The van der Waals surface area contributed by atoms with Crippen LogP contribution in [0.3, 0.4) is 0 Å². The second kappa shape index (κ2) is 9.48. The molecule has 0 fully saturated rings. The van der Waals surface area contributed by atoms with Crippen LogP contribution in [-0.2, 0) is 9.53 Å². The zero-order chi connectivity index (χ0) is 21.5. The predicted molar refractivity (Wildman–Crippen MR) is 108 cm³/mol. The van der Waals surface area contributed by atoms with E-state index in [9.17, 15) is 19.7 Å². The van der Waals surface area contributed by atoms with Gasteiger partial charge in [0.25, 0.3) is 11.6 Å². The molecule has 0 saturated heterocycles. The molecule has 1 aromatic heterocycles. The maximum absolute atomic E-state index is 12.4. The van der Waals surface area contributed by atoms with Crippen molar-refractivity contribution in [2.24, 2.45) is 0 Å². The van der Waals surface area contributed by atoms with E-state index in [-0.39, 0.29) is 27.8 Å². The number of pyridine rings is 1. The van der Waals surface area contributed by atoms with Crippen LogP contribution in [0.5, 0.6) is 11.6 Å². The highest BCUT2D eigenvalue weighted by atomic mass is 35.5. The van der Waals surface area contributed by atoms with Crippen molar-refractivity contribution in [3.05, 3.63) is 87.6 Å². The number of carbonyl (C=O) groups excluding carboxylic acids is 2. The summed E-state index contributed by atoms with van der Waals surface area (Å²) in [5.41, 5.74) is -0.178. The lowest BCUT2D eigenvalue weighted by Crippen LogP contribution is -2.21. The van der Waals surface area contributed by atoms with Crippen LogP contribution in [0.4, 0.5) is 11.4 Å². The van der Waals surface area contributed by atoms with Crippen LogP contribution in [0.1, 0.15) is 10.4 Å². The number of carbonyl (C=O) groups is 2. The fraction of sp³-hybridized carbons (Fsp3) is 0.0500. The molecule has 3 aromatic rings. The summed E-state index contributed by atoms with van der Waals surface area (Å²) in [4.78, 5) is 38.7. The van der Waals surface area contributed by atoms with Gasteiger partial charge in [-0.2, -0.15) is 0 Å². The molecule has 2 aromatic carbocycles. The zero-order valence-electron chi connectivity index (χ0n) is 15.3. The van der Waals surface area contributed by atoms with Crippen molar-refractivity contribution in [2.45, 2.75) is 0 Å². The third-order valence-electron chi connectivity index (χ3n) is 3.71. The fourth-order valence-corrected chi connectivity index (χ4v) is 2.55. The molecular formula is C20H14ClN3O6. The molecule has 0 aliphatic heterocycles. The largest absolute Gasteiger partial charge is 0.452 e. The lowest BCUT2D eigenvalue weighted by atomic mass is 10.2. The number of hydrogen-bond donors (Lipinski definition) is 1. The summed E-state index contributed by atoms with van der Waals surface area (Å²) in [6.07, 6.45) is 1.45. The van der Waals surface area contributed by atoms with E-state index in [2.05, 4.69) is 10.3 Å². The van der Waals surface area contributed by atoms with Crippen molar-refractivity contribution >= 4 is 34.9 Å². The van der Waals surface area contributed by atoms with Crippen LogP contribution >= 0.6 is 11.6 Å². The van der Waals surface area contributed by atoms with Crippen molar-refractivity contribution in [3.63, 3.8) is 0 Å². The molecule has 0 atom stereocenters. The Morgan fingerprint density at radius 3 is 2.60 bits per heavy atom. The average molecular weight is 428 g/mol. The van der Waals surface area contributed by atoms with E-state index in [1.54, 1.807) is 24.3 Å². The Kier molecular flexibility index (Phi) is 6.56. The number of rotatable bonds is 7. The third-order valence-corrected chi connectivity index (χ3v) is 4.03. The Morgan fingerprint density at radius 1 is 1.10 bits per heavy atom. The van der Waals surface area contributed by atoms with Gasteiger partial charge < -0.3 is 14.8 Å². The fourth-order valence-electron chi connectivity index (χ4n) is 2.36. The third kappa shape index (κ3) is 5.30. The van der Waals surface area contributed by atoms with Crippen molar-refractivity contribution in [3.8, 4) is 11.6 Å². The number of nitro groups is 1. The Labute approximate surface area is 175 Å². The molecule has 0 bridgehead atoms. The first-order valence-electron chi connectivity index (χ1n) is 8.53. The van der Waals surface area contributed by atoms with Crippen molar-refractivity contribution in [1.29, 1.82) is 0 Å². The minimum atomic E-state index is -0.814. The molecule has 1 amide bonds. The second-order valence-corrected chi connectivity index (χ2v) is 6.23. The first-order valence-corrected chi connectivity index (χ1v) is 8.90. The number of para-hydroxylation sites is 1. The van der Waals surface area contributed by atoms with Gasteiger partial charge >= 0.3 is 5.97 Å². The zero-order valence-corrected chi connectivity index (χ0v) is 16.0. The SMILES string of the molecule is O=C(COC(=O)c1cccnc1Oc1ccccc1)Nc1ccc(Cl)c([N+](=O)[O-])c1. The summed E-state index contributed by atoms with van der Waals surface area (Å²) < 4.78 is 10.6. The molecule has 0 saturated carbocycles. The van der Waals surface area contributed by atoms with Gasteiger partial charge in [-0.05, 0) is 36.4 Å². The van der Waals surface area contributed by atoms with Crippen LogP contribution in [-0.4, -0.2) is 28.4 Å². The molecule has 9 nitrogen and oxygen atoms in total. The molecule has 0 aliphatic rings. The van der Waals surface area contributed by atoms with Gasteiger partial charge in [0.05, 0.1) is 4.92 Å². The van der Waals surface area contributed by atoms with Crippen LogP contribution in [0.25, 0.3) is 0 Å².